The number of phenols is 2. The fraction of sp³-hybridized carbons (Fsp3) is 0.125. The Hall–Kier alpha value is -3.93. The molecule has 0 fully saturated rings. The van der Waals surface area contributed by atoms with Gasteiger partial charge in [-0.3, -0.25) is 5.10 Å². The maximum atomic E-state index is 10.1. The van der Waals surface area contributed by atoms with Crippen LogP contribution in [0.15, 0.2) is 54.6 Å². The largest absolute Gasteiger partial charge is 0.504 e. The molecule has 0 unspecified atom stereocenters. The number of phenolic OH excluding ortho intramolecular Hbond substituents is 2. The van der Waals surface area contributed by atoms with Crippen molar-refractivity contribution in [3.8, 4) is 56.6 Å². The molecule has 0 atom stereocenters. The summed E-state index contributed by atoms with van der Waals surface area (Å²) in [5.41, 5.74) is 8.00. The highest BCUT2D eigenvalue weighted by molar-refractivity contribution is 5.83. The lowest BCUT2D eigenvalue weighted by Crippen LogP contribution is -1.89. The van der Waals surface area contributed by atoms with Gasteiger partial charge in [0, 0.05) is 23.1 Å². The zero-order valence-electron chi connectivity index (χ0n) is 16.6. The average molecular weight is 400 g/mol. The number of H-pyrrole nitrogens is 1. The van der Waals surface area contributed by atoms with Crippen molar-refractivity contribution in [3.63, 3.8) is 0 Å². The summed E-state index contributed by atoms with van der Waals surface area (Å²) in [4.78, 5) is 0. The molecule has 5 rings (SSSR count). The van der Waals surface area contributed by atoms with Crippen molar-refractivity contribution < 1.29 is 19.7 Å². The molecule has 6 nitrogen and oxygen atoms in total. The predicted molar refractivity (Wildman–Crippen MR) is 114 cm³/mol. The van der Waals surface area contributed by atoms with Crippen molar-refractivity contribution in [2.24, 2.45) is 0 Å². The van der Waals surface area contributed by atoms with E-state index in [2.05, 4.69) is 10.2 Å². The van der Waals surface area contributed by atoms with Crippen molar-refractivity contribution in [1.82, 2.24) is 10.2 Å². The zero-order chi connectivity index (χ0) is 20.8. The first kappa shape index (κ1) is 18.1. The van der Waals surface area contributed by atoms with E-state index in [1.165, 1.54) is 7.11 Å². The molecular weight excluding hydrogens is 380 g/mol. The van der Waals surface area contributed by atoms with Crippen LogP contribution in [-0.4, -0.2) is 34.6 Å². The summed E-state index contributed by atoms with van der Waals surface area (Å²) in [6.07, 6.45) is 0.699. The monoisotopic (exact) mass is 400 g/mol. The molecule has 0 radical (unpaired) electrons. The van der Waals surface area contributed by atoms with Gasteiger partial charge in [-0.05, 0) is 41.0 Å². The molecule has 1 aromatic heterocycles. The molecule has 3 aromatic carbocycles. The third-order valence-corrected chi connectivity index (χ3v) is 5.58. The highest BCUT2D eigenvalue weighted by Gasteiger charge is 2.26. The number of aromatic amines is 1. The number of benzene rings is 3. The van der Waals surface area contributed by atoms with Crippen LogP contribution >= 0.6 is 0 Å². The van der Waals surface area contributed by atoms with E-state index in [1.807, 2.05) is 42.5 Å². The first-order valence-corrected chi connectivity index (χ1v) is 9.54. The number of nitrogens with one attached hydrogen (secondary N) is 1. The van der Waals surface area contributed by atoms with Crippen molar-refractivity contribution in [1.29, 1.82) is 0 Å². The third-order valence-electron chi connectivity index (χ3n) is 5.58. The van der Waals surface area contributed by atoms with Gasteiger partial charge in [0.1, 0.15) is 0 Å². The lowest BCUT2D eigenvalue weighted by atomic mass is 10.0. The number of nitrogens with zero attached hydrogens (tertiary/aromatic N) is 1. The summed E-state index contributed by atoms with van der Waals surface area (Å²) in [5.74, 6) is 1.15. The van der Waals surface area contributed by atoms with Crippen molar-refractivity contribution in [2.45, 2.75) is 6.42 Å². The molecular formula is C24H20N2O4. The summed E-state index contributed by atoms with van der Waals surface area (Å²) < 4.78 is 10.5. The van der Waals surface area contributed by atoms with Gasteiger partial charge < -0.3 is 19.7 Å². The van der Waals surface area contributed by atoms with Crippen LogP contribution in [0.4, 0.5) is 0 Å². The molecule has 4 aromatic rings. The van der Waals surface area contributed by atoms with E-state index in [0.29, 0.717) is 17.9 Å². The molecule has 0 bridgehead atoms. The fourth-order valence-electron chi connectivity index (χ4n) is 4.02. The van der Waals surface area contributed by atoms with Gasteiger partial charge in [0.2, 0.25) is 0 Å². The SMILES string of the molecule is COc1cc(-c2ccc(-c3n[nH]c4c3Cc3cc(O)c(OC)cc3-4)cc2)ccc1O. The first-order chi connectivity index (χ1) is 14.6. The van der Waals surface area contributed by atoms with Gasteiger partial charge >= 0.3 is 0 Å². The summed E-state index contributed by atoms with van der Waals surface area (Å²) in [6, 6.07) is 17.0. The number of rotatable bonds is 4. The van der Waals surface area contributed by atoms with Crippen LogP contribution in [0.1, 0.15) is 11.1 Å². The molecule has 1 aliphatic carbocycles. The smallest absolute Gasteiger partial charge is 0.161 e. The second kappa shape index (κ2) is 6.84. The van der Waals surface area contributed by atoms with E-state index in [-0.39, 0.29) is 11.5 Å². The van der Waals surface area contributed by atoms with E-state index in [0.717, 1.165) is 44.8 Å². The Bertz CT molecular complexity index is 1260. The van der Waals surface area contributed by atoms with E-state index >= 15 is 0 Å². The number of ether oxygens (including phenoxy) is 2. The zero-order valence-corrected chi connectivity index (χ0v) is 16.6. The van der Waals surface area contributed by atoms with E-state index in [1.54, 1.807) is 19.2 Å². The number of hydrogen-bond donors (Lipinski definition) is 3. The van der Waals surface area contributed by atoms with Gasteiger partial charge in [0.15, 0.2) is 23.0 Å². The fourth-order valence-corrected chi connectivity index (χ4v) is 4.02. The molecule has 0 saturated heterocycles. The second-order valence-corrected chi connectivity index (χ2v) is 7.25. The van der Waals surface area contributed by atoms with Crippen LogP contribution in [0.25, 0.3) is 33.6 Å². The first-order valence-electron chi connectivity index (χ1n) is 9.54. The van der Waals surface area contributed by atoms with Gasteiger partial charge in [-0.15, -0.1) is 0 Å². The van der Waals surface area contributed by atoms with Gasteiger partial charge in [-0.2, -0.15) is 5.10 Å². The van der Waals surface area contributed by atoms with Gasteiger partial charge in [-0.1, -0.05) is 30.3 Å². The Kier molecular flexibility index (Phi) is 4.13. The van der Waals surface area contributed by atoms with Crippen LogP contribution in [0, 0.1) is 0 Å². The summed E-state index contributed by atoms with van der Waals surface area (Å²) >= 11 is 0. The lowest BCUT2D eigenvalue weighted by Gasteiger charge is -2.08. The number of fused-ring (bicyclic) bond motifs is 3. The molecule has 30 heavy (non-hydrogen) atoms. The molecule has 6 heteroatoms. The Morgan fingerprint density at radius 3 is 2.20 bits per heavy atom. The minimum atomic E-state index is 0.118. The molecule has 3 N–H and O–H groups in total. The van der Waals surface area contributed by atoms with Crippen molar-refractivity contribution in [2.75, 3.05) is 14.2 Å². The third kappa shape index (κ3) is 2.76. The topological polar surface area (TPSA) is 87.6 Å². The van der Waals surface area contributed by atoms with Crippen molar-refractivity contribution in [3.05, 3.63) is 65.7 Å². The van der Waals surface area contributed by atoms with E-state index in [4.69, 9.17) is 9.47 Å². The van der Waals surface area contributed by atoms with Crippen LogP contribution in [0.3, 0.4) is 0 Å². The second-order valence-electron chi connectivity index (χ2n) is 7.25. The molecule has 150 valence electrons. The van der Waals surface area contributed by atoms with Crippen LogP contribution < -0.4 is 9.47 Å². The van der Waals surface area contributed by atoms with Gasteiger partial charge in [0.05, 0.1) is 25.6 Å². The van der Waals surface area contributed by atoms with E-state index in [9.17, 15) is 10.2 Å². The Morgan fingerprint density at radius 2 is 1.47 bits per heavy atom. The number of aromatic hydroxyl groups is 2. The predicted octanol–water partition coefficient (Wildman–Crippen LogP) is 4.74. The Labute approximate surface area is 173 Å². The molecule has 0 aliphatic heterocycles. The molecule has 0 spiro atoms. The molecule has 0 amide bonds. The molecule has 1 heterocycles. The Morgan fingerprint density at radius 1 is 0.800 bits per heavy atom. The molecule has 1 aliphatic rings. The number of aromatic nitrogens is 2. The van der Waals surface area contributed by atoms with Gasteiger partial charge in [-0.25, -0.2) is 0 Å². The lowest BCUT2D eigenvalue weighted by molar-refractivity contribution is 0.373. The van der Waals surface area contributed by atoms with Crippen LogP contribution in [-0.2, 0) is 6.42 Å². The standard InChI is InChI=1S/C24H20N2O4/c1-29-21-11-15(7-8-19(21)27)13-3-5-14(6-4-13)23-18-9-16-10-20(28)22(30-2)12-17(16)24(18)26-25-23/h3-8,10-12,27-28H,9H2,1-2H3,(H,25,26). The van der Waals surface area contributed by atoms with Gasteiger partial charge in [0.25, 0.3) is 0 Å². The number of methoxy groups -OCH3 is 2. The van der Waals surface area contributed by atoms with Crippen molar-refractivity contribution >= 4 is 0 Å². The normalized spacial score (nSPS) is 11.8. The van der Waals surface area contributed by atoms with Crippen LogP contribution in [0.5, 0.6) is 23.0 Å². The highest BCUT2D eigenvalue weighted by atomic mass is 16.5. The summed E-state index contributed by atoms with van der Waals surface area (Å²) in [5, 5.41) is 27.6. The quantitative estimate of drug-likeness (QED) is 0.405. The molecule has 0 saturated carbocycles. The summed E-state index contributed by atoms with van der Waals surface area (Å²) in [6.45, 7) is 0. The summed E-state index contributed by atoms with van der Waals surface area (Å²) in [7, 11) is 3.08. The maximum Gasteiger partial charge on any atom is 0.161 e. The van der Waals surface area contributed by atoms with E-state index < -0.39 is 0 Å². The average Bonchev–Trinajstić information content (AvgIpc) is 3.32. The number of hydrogen-bond acceptors (Lipinski definition) is 5. The minimum absolute atomic E-state index is 0.118. The highest BCUT2D eigenvalue weighted by Crippen LogP contribution is 2.44. The Balaban J connectivity index is 1.49. The van der Waals surface area contributed by atoms with Crippen LogP contribution in [0.2, 0.25) is 0 Å². The minimum Gasteiger partial charge on any atom is -0.504 e. The maximum absolute atomic E-state index is 10.1.